The summed E-state index contributed by atoms with van der Waals surface area (Å²) in [6.45, 7) is 4.69. The number of benzene rings is 1. The van der Waals surface area contributed by atoms with Crippen molar-refractivity contribution >= 4 is 50.1 Å². The van der Waals surface area contributed by atoms with Gasteiger partial charge in [0.25, 0.3) is 0 Å². The van der Waals surface area contributed by atoms with Gasteiger partial charge >= 0.3 is 0 Å². The Balaban J connectivity index is 2.56. The average molecular weight is 431 g/mol. The Morgan fingerprint density at radius 3 is 2.50 bits per heavy atom. The largest absolute Gasteiger partial charge is 0.479 e. The zero-order chi connectivity index (χ0) is 17.8. The van der Waals surface area contributed by atoms with Crippen LogP contribution in [0.5, 0.6) is 0 Å². The van der Waals surface area contributed by atoms with Gasteiger partial charge in [0, 0.05) is 22.6 Å². The van der Waals surface area contributed by atoms with Crippen molar-refractivity contribution in [3.63, 3.8) is 0 Å². The van der Waals surface area contributed by atoms with E-state index in [1.807, 2.05) is 19.1 Å². The molecule has 0 saturated heterocycles. The van der Waals surface area contributed by atoms with Crippen LogP contribution in [0.3, 0.4) is 0 Å². The molecule has 0 saturated carbocycles. The van der Waals surface area contributed by atoms with Gasteiger partial charge < -0.3 is 4.74 Å². The minimum absolute atomic E-state index is 0.164. The second-order valence-electron chi connectivity index (χ2n) is 5.73. The molecule has 0 aliphatic heterocycles. The third-order valence-corrected chi connectivity index (χ3v) is 5.77. The molecule has 0 N–H and O–H groups in total. The van der Waals surface area contributed by atoms with Crippen molar-refractivity contribution in [2.45, 2.75) is 64.0 Å². The Bertz CT molecular complexity index is 503. The number of rotatable bonds is 11. The van der Waals surface area contributed by atoms with Crippen molar-refractivity contribution in [1.29, 1.82) is 0 Å². The first-order valence-electron chi connectivity index (χ1n) is 8.67. The van der Waals surface area contributed by atoms with E-state index in [0.717, 1.165) is 23.7 Å². The Morgan fingerprint density at radius 2 is 1.88 bits per heavy atom. The molecule has 1 aromatic rings. The fraction of sp³-hybridized carbons (Fsp3) is 0.579. The second kappa shape index (κ2) is 12.9. The third-order valence-electron chi connectivity index (χ3n) is 3.74. The zero-order valence-corrected chi connectivity index (χ0v) is 17.8. The van der Waals surface area contributed by atoms with Gasteiger partial charge in [0.15, 0.2) is 0 Å². The van der Waals surface area contributed by atoms with Gasteiger partial charge in [-0.05, 0) is 49.7 Å². The standard InChI is InChI=1S/C19H27BrO2S2/c1-3-5-6-7-8-17(21)13-14-18(24-19(23)22-4-2)15-9-11-16(20)12-10-15/h9-12,18H,3-8,13-14H2,1-2H3. The molecule has 0 amide bonds. The van der Waals surface area contributed by atoms with E-state index in [1.165, 1.54) is 18.4 Å². The molecule has 0 spiro atoms. The van der Waals surface area contributed by atoms with Crippen LogP contribution >= 0.6 is 39.9 Å². The van der Waals surface area contributed by atoms with E-state index < -0.39 is 0 Å². The van der Waals surface area contributed by atoms with E-state index in [-0.39, 0.29) is 5.25 Å². The summed E-state index contributed by atoms with van der Waals surface area (Å²) in [5, 5.41) is 0.164. The van der Waals surface area contributed by atoms with Crippen LogP contribution in [0.4, 0.5) is 0 Å². The number of thioether (sulfide) groups is 1. The summed E-state index contributed by atoms with van der Waals surface area (Å²) in [5.41, 5.74) is 1.18. The maximum Gasteiger partial charge on any atom is 0.220 e. The molecule has 0 aliphatic carbocycles. The Kier molecular flexibility index (Phi) is 11.6. The number of hydrogen-bond acceptors (Lipinski definition) is 4. The van der Waals surface area contributed by atoms with Crippen LogP contribution < -0.4 is 0 Å². The molecule has 1 rings (SSSR count). The smallest absolute Gasteiger partial charge is 0.220 e. The molecule has 0 heterocycles. The van der Waals surface area contributed by atoms with Gasteiger partial charge in [-0.1, -0.05) is 66.0 Å². The predicted octanol–water partition coefficient (Wildman–Crippen LogP) is 6.86. The molecule has 134 valence electrons. The first-order valence-corrected chi connectivity index (χ1v) is 10.8. The molecule has 1 atom stereocenters. The van der Waals surface area contributed by atoms with Crippen LogP contribution in [0.1, 0.15) is 69.6 Å². The topological polar surface area (TPSA) is 26.3 Å². The molecule has 1 unspecified atom stereocenters. The minimum Gasteiger partial charge on any atom is -0.479 e. The van der Waals surface area contributed by atoms with Gasteiger partial charge in [-0.15, -0.1) is 0 Å². The van der Waals surface area contributed by atoms with Crippen molar-refractivity contribution < 1.29 is 9.53 Å². The highest BCUT2D eigenvalue weighted by Gasteiger charge is 2.17. The second-order valence-corrected chi connectivity index (χ2v) is 8.45. The Morgan fingerprint density at radius 1 is 1.17 bits per heavy atom. The van der Waals surface area contributed by atoms with Gasteiger partial charge in [0.05, 0.1) is 6.61 Å². The fourth-order valence-corrected chi connectivity index (χ4v) is 4.08. The average Bonchev–Trinajstić information content (AvgIpc) is 2.56. The number of ether oxygens (including phenoxy) is 1. The molecular weight excluding hydrogens is 404 g/mol. The van der Waals surface area contributed by atoms with Crippen molar-refractivity contribution in [1.82, 2.24) is 0 Å². The van der Waals surface area contributed by atoms with Crippen LogP contribution in [0.2, 0.25) is 0 Å². The monoisotopic (exact) mass is 430 g/mol. The fourth-order valence-electron chi connectivity index (χ4n) is 2.41. The van der Waals surface area contributed by atoms with E-state index in [2.05, 4.69) is 35.0 Å². The molecule has 5 heteroatoms. The van der Waals surface area contributed by atoms with Crippen LogP contribution in [0.15, 0.2) is 28.7 Å². The molecule has 24 heavy (non-hydrogen) atoms. The molecule has 0 aliphatic rings. The van der Waals surface area contributed by atoms with Crippen molar-refractivity contribution in [3.05, 3.63) is 34.3 Å². The van der Waals surface area contributed by atoms with Gasteiger partial charge in [-0.25, -0.2) is 0 Å². The van der Waals surface area contributed by atoms with Crippen molar-refractivity contribution in [2.24, 2.45) is 0 Å². The van der Waals surface area contributed by atoms with Crippen molar-refractivity contribution in [3.8, 4) is 0 Å². The van der Waals surface area contributed by atoms with Crippen LogP contribution in [0, 0.1) is 0 Å². The highest BCUT2D eigenvalue weighted by atomic mass is 79.9. The number of hydrogen-bond donors (Lipinski definition) is 0. The van der Waals surface area contributed by atoms with Crippen LogP contribution in [-0.4, -0.2) is 16.8 Å². The van der Waals surface area contributed by atoms with E-state index in [4.69, 9.17) is 17.0 Å². The van der Waals surface area contributed by atoms with E-state index >= 15 is 0 Å². The van der Waals surface area contributed by atoms with Crippen LogP contribution in [-0.2, 0) is 9.53 Å². The Labute approximate surface area is 164 Å². The maximum atomic E-state index is 12.1. The molecule has 1 aromatic carbocycles. The number of unbranched alkanes of at least 4 members (excludes halogenated alkanes) is 3. The molecule has 0 fully saturated rings. The summed E-state index contributed by atoms with van der Waals surface area (Å²) < 4.78 is 7.02. The normalized spacial score (nSPS) is 12.0. The Hall–Kier alpha value is -0.390. The summed E-state index contributed by atoms with van der Waals surface area (Å²) in [6.07, 6.45) is 6.69. The lowest BCUT2D eigenvalue weighted by atomic mass is 10.0. The summed E-state index contributed by atoms with van der Waals surface area (Å²) in [6, 6.07) is 8.22. The first-order chi connectivity index (χ1) is 11.6. The highest BCUT2D eigenvalue weighted by Crippen LogP contribution is 2.35. The lowest BCUT2D eigenvalue weighted by Gasteiger charge is -2.17. The summed E-state index contributed by atoms with van der Waals surface area (Å²) in [4.78, 5) is 12.1. The lowest BCUT2D eigenvalue weighted by molar-refractivity contribution is -0.119. The quantitative estimate of drug-likeness (QED) is 0.282. The summed E-state index contributed by atoms with van der Waals surface area (Å²) >= 11 is 10.3. The number of carbonyl (C=O) groups excluding carboxylic acids is 1. The van der Waals surface area contributed by atoms with Gasteiger partial charge in [-0.3, -0.25) is 4.79 Å². The number of carbonyl (C=O) groups is 1. The molecular formula is C19H27BrO2S2. The van der Waals surface area contributed by atoms with E-state index in [0.29, 0.717) is 29.6 Å². The van der Waals surface area contributed by atoms with E-state index in [1.54, 1.807) is 11.8 Å². The number of Topliss-reactive ketones (excluding diaryl/α,β-unsaturated/α-hetero) is 1. The summed E-state index contributed by atoms with van der Waals surface area (Å²) in [5.74, 6) is 0.358. The SMILES string of the molecule is CCCCCCC(=O)CCC(SC(=S)OCC)c1ccc(Br)cc1. The molecule has 0 radical (unpaired) electrons. The van der Waals surface area contributed by atoms with Crippen molar-refractivity contribution in [2.75, 3.05) is 6.61 Å². The summed E-state index contributed by atoms with van der Waals surface area (Å²) in [7, 11) is 0. The van der Waals surface area contributed by atoms with Crippen LogP contribution in [0.25, 0.3) is 0 Å². The zero-order valence-electron chi connectivity index (χ0n) is 14.6. The van der Waals surface area contributed by atoms with Gasteiger partial charge in [-0.2, -0.15) is 0 Å². The number of thiocarbonyl (C=S) groups is 1. The minimum atomic E-state index is 0.164. The maximum absolute atomic E-state index is 12.1. The molecule has 2 nitrogen and oxygen atoms in total. The molecule has 0 aromatic heterocycles. The highest BCUT2D eigenvalue weighted by molar-refractivity contribution is 9.10. The lowest BCUT2D eigenvalue weighted by Crippen LogP contribution is -2.05. The van der Waals surface area contributed by atoms with E-state index in [9.17, 15) is 4.79 Å². The van der Waals surface area contributed by atoms with Gasteiger partial charge in [0.2, 0.25) is 4.38 Å². The first kappa shape index (κ1) is 21.7. The third kappa shape index (κ3) is 9.19. The van der Waals surface area contributed by atoms with Gasteiger partial charge in [0.1, 0.15) is 5.78 Å². The number of ketones is 1. The predicted molar refractivity (Wildman–Crippen MR) is 112 cm³/mol. The molecule has 0 bridgehead atoms. The number of halogens is 1.